The number of nitrogens with one attached hydrogen (secondary N) is 1. The Bertz CT molecular complexity index is 791. The van der Waals surface area contributed by atoms with E-state index < -0.39 is 5.54 Å². The first kappa shape index (κ1) is 15.9. The highest BCUT2D eigenvalue weighted by atomic mass is 16.4. The molecule has 0 atom stereocenters. The lowest BCUT2D eigenvalue weighted by Crippen LogP contribution is -2.49. The predicted octanol–water partition coefficient (Wildman–Crippen LogP) is 3.34. The highest BCUT2D eigenvalue weighted by Crippen LogP contribution is 2.36. The van der Waals surface area contributed by atoms with Crippen LogP contribution in [0.15, 0.2) is 40.9 Å². The fourth-order valence-electron chi connectivity index (χ4n) is 3.67. The van der Waals surface area contributed by atoms with E-state index in [0.717, 1.165) is 18.4 Å². The van der Waals surface area contributed by atoms with Gasteiger partial charge in [-0.25, -0.2) is 9.78 Å². The molecule has 1 aromatic carbocycles. The maximum Gasteiger partial charge on any atom is 0.325 e. The van der Waals surface area contributed by atoms with E-state index in [2.05, 4.69) is 17.2 Å². The number of benzene rings is 1. The molecule has 25 heavy (non-hydrogen) atoms. The molecular formula is C19H21N3O3. The maximum atomic E-state index is 12.9. The molecule has 1 N–H and O–H groups in total. The Balaban J connectivity index is 1.51. The number of nitrogens with zero attached hydrogens (tertiary/aromatic N) is 2. The molecule has 0 radical (unpaired) electrons. The van der Waals surface area contributed by atoms with Crippen molar-refractivity contribution in [3.63, 3.8) is 0 Å². The second-order valence-electron chi connectivity index (χ2n) is 7.07. The first-order valence-electron chi connectivity index (χ1n) is 8.72. The molecule has 3 amide bonds. The first-order valence-corrected chi connectivity index (χ1v) is 8.72. The summed E-state index contributed by atoms with van der Waals surface area (Å²) in [6.07, 6.45) is 4.95. The number of aromatic nitrogens is 1. The Labute approximate surface area is 146 Å². The van der Waals surface area contributed by atoms with Gasteiger partial charge in [-0.05, 0) is 31.6 Å². The molecule has 1 spiro atoms. The van der Waals surface area contributed by atoms with Crippen molar-refractivity contribution in [3.8, 4) is 11.3 Å². The van der Waals surface area contributed by atoms with Crippen molar-refractivity contribution in [3.05, 3.63) is 42.4 Å². The van der Waals surface area contributed by atoms with Crippen LogP contribution in [-0.4, -0.2) is 27.4 Å². The summed E-state index contributed by atoms with van der Waals surface area (Å²) >= 11 is 0. The summed E-state index contributed by atoms with van der Waals surface area (Å²) in [4.78, 5) is 30.7. The Kier molecular flexibility index (Phi) is 3.82. The summed E-state index contributed by atoms with van der Waals surface area (Å²) in [6, 6.07) is 9.27. The standard InChI is InChI=1S/C19H21N3O3/c1-13-7-9-19(10-8-13)17(23)22(18(24)21-19)12-16-20-11-15(25-16)14-5-3-2-4-6-14/h2-6,11,13H,7-10,12H2,1H3,(H,21,24). The Hall–Kier alpha value is -2.63. The van der Waals surface area contributed by atoms with E-state index in [1.807, 2.05) is 30.3 Å². The van der Waals surface area contributed by atoms with E-state index in [1.165, 1.54) is 4.90 Å². The largest absolute Gasteiger partial charge is 0.439 e. The van der Waals surface area contributed by atoms with Crippen LogP contribution < -0.4 is 5.32 Å². The van der Waals surface area contributed by atoms with Crippen LogP contribution in [0.1, 0.15) is 38.5 Å². The number of oxazole rings is 1. The van der Waals surface area contributed by atoms with E-state index in [9.17, 15) is 9.59 Å². The number of imide groups is 1. The minimum absolute atomic E-state index is 0.0643. The topological polar surface area (TPSA) is 75.4 Å². The number of hydrogen-bond acceptors (Lipinski definition) is 4. The molecule has 2 heterocycles. The lowest BCUT2D eigenvalue weighted by molar-refractivity contribution is -0.133. The Morgan fingerprint density at radius 3 is 2.68 bits per heavy atom. The number of hydrogen-bond donors (Lipinski definition) is 1. The van der Waals surface area contributed by atoms with E-state index in [4.69, 9.17) is 4.42 Å². The Morgan fingerprint density at radius 1 is 1.24 bits per heavy atom. The molecule has 1 aliphatic carbocycles. The lowest BCUT2D eigenvalue weighted by Gasteiger charge is -2.33. The van der Waals surface area contributed by atoms with Crippen molar-refractivity contribution in [2.24, 2.45) is 5.92 Å². The molecule has 1 saturated heterocycles. The molecule has 1 saturated carbocycles. The van der Waals surface area contributed by atoms with E-state index in [-0.39, 0.29) is 18.5 Å². The average molecular weight is 339 g/mol. The van der Waals surface area contributed by atoms with Crippen molar-refractivity contribution in [1.82, 2.24) is 15.2 Å². The zero-order valence-electron chi connectivity index (χ0n) is 14.2. The van der Waals surface area contributed by atoms with Gasteiger partial charge in [0.05, 0.1) is 6.20 Å². The van der Waals surface area contributed by atoms with Crippen LogP contribution in [0.2, 0.25) is 0 Å². The third-order valence-electron chi connectivity index (χ3n) is 5.28. The predicted molar refractivity (Wildman–Crippen MR) is 91.4 cm³/mol. The third kappa shape index (κ3) is 2.81. The summed E-state index contributed by atoms with van der Waals surface area (Å²) in [7, 11) is 0. The minimum atomic E-state index is -0.724. The molecule has 6 heteroatoms. The summed E-state index contributed by atoms with van der Waals surface area (Å²) in [5.74, 6) is 1.45. The summed E-state index contributed by atoms with van der Waals surface area (Å²) in [6.45, 7) is 2.25. The van der Waals surface area contributed by atoms with Gasteiger partial charge >= 0.3 is 6.03 Å². The van der Waals surface area contributed by atoms with Gasteiger partial charge in [-0.2, -0.15) is 0 Å². The molecular weight excluding hydrogens is 318 g/mol. The van der Waals surface area contributed by atoms with E-state index in [1.54, 1.807) is 6.20 Å². The van der Waals surface area contributed by atoms with Gasteiger partial charge in [-0.3, -0.25) is 9.69 Å². The molecule has 6 nitrogen and oxygen atoms in total. The second kappa shape index (κ2) is 6.02. The van der Waals surface area contributed by atoms with Gasteiger partial charge in [-0.1, -0.05) is 37.3 Å². The zero-order valence-corrected chi connectivity index (χ0v) is 14.2. The van der Waals surface area contributed by atoms with Crippen molar-refractivity contribution in [2.75, 3.05) is 0 Å². The SMILES string of the molecule is CC1CCC2(CC1)NC(=O)N(Cc1ncc(-c3ccccc3)o1)C2=O. The molecule has 2 fully saturated rings. The van der Waals surface area contributed by atoms with Crippen LogP contribution in [0.4, 0.5) is 4.79 Å². The number of amides is 3. The van der Waals surface area contributed by atoms with Gasteiger partial charge in [-0.15, -0.1) is 0 Å². The molecule has 0 bridgehead atoms. The van der Waals surface area contributed by atoms with Gasteiger partial charge in [0.15, 0.2) is 5.76 Å². The number of urea groups is 1. The normalized spacial score (nSPS) is 26.3. The number of carbonyl (C=O) groups excluding carboxylic acids is 2. The first-order chi connectivity index (χ1) is 12.1. The van der Waals surface area contributed by atoms with Gasteiger partial charge < -0.3 is 9.73 Å². The fraction of sp³-hybridized carbons (Fsp3) is 0.421. The lowest BCUT2D eigenvalue weighted by atomic mass is 9.77. The molecule has 2 aliphatic rings. The number of carbonyl (C=O) groups is 2. The van der Waals surface area contributed by atoms with Crippen LogP contribution in [-0.2, 0) is 11.3 Å². The molecule has 2 aromatic rings. The van der Waals surface area contributed by atoms with Crippen LogP contribution in [0.3, 0.4) is 0 Å². The molecule has 0 unspecified atom stereocenters. The zero-order chi connectivity index (χ0) is 17.4. The summed E-state index contributed by atoms with van der Waals surface area (Å²) < 4.78 is 5.74. The summed E-state index contributed by atoms with van der Waals surface area (Å²) in [5.41, 5.74) is 0.189. The quantitative estimate of drug-likeness (QED) is 0.870. The third-order valence-corrected chi connectivity index (χ3v) is 5.28. The van der Waals surface area contributed by atoms with Gasteiger partial charge in [0.1, 0.15) is 12.1 Å². The molecule has 4 rings (SSSR count). The smallest absolute Gasteiger partial charge is 0.325 e. The highest BCUT2D eigenvalue weighted by Gasteiger charge is 2.52. The van der Waals surface area contributed by atoms with Crippen LogP contribution in [0.5, 0.6) is 0 Å². The highest BCUT2D eigenvalue weighted by molar-refractivity contribution is 6.07. The van der Waals surface area contributed by atoms with Crippen LogP contribution in [0, 0.1) is 5.92 Å². The van der Waals surface area contributed by atoms with Crippen molar-refractivity contribution >= 4 is 11.9 Å². The number of rotatable bonds is 3. The van der Waals surface area contributed by atoms with Crippen molar-refractivity contribution in [2.45, 2.75) is 44.7 Å². The minimum Gasteiger partial charge on any atom is -0.439 e. The van der Waals surface area contributed by atoms with Crippen molar-refractivity contribution in [1.29, 1.82) is 0 Å². The average Bonchev–Trinajstić information content (AvgIpc) is 3.18. The molecule has 130 valence electrons. The van der Waals surface area contributed by atoms with Gasteiger partial charge in [0.25, 0.3) is 5.91 Å². The molecule has 1 aromatic heterocycles. The van der Waals surface area contributed by atoms with E-state index >= 15 is 0 Å². The van der Waals surface area contributed by atoms with Crippen LogP contribution in [0.25, 0.3) is 11.3 Å². The van der Waals surface area contributed by atoms with E-state index in [0.29, 0.717) is 30.4 Å². The fourth-order valence-corrected chi connectivity index (χ4v) is 3.67. The van der Waals surface area contributed by atoms with Crippen LogP contribution >= 0.6 is 0 Å². The van der Waals surface area contributed by atoms with Gasteiger partial charge in [0, 0.05) is 5.56 Å². The Morgan fingerprint density at radius 2 is 1.96 bits per heavy atom. The van der Waals surface area contributed by atoms with Crippen molar-refractivity contribution < 1.29 is 14.0 Å². The molecule has 1 aliphatic heterocycles. The maximum absolute atomic E-state index is 12.9. The monoisotopic (exact) mass is 339 g/mol. The second-order valence-corrected chi connectivity index (χ2v) is 7.07. The van der Waals surface area contributed by atoms with Gasteiger partial charge in [0.2, 0.25) is 5.89 Å². The summed E-state index contributed by atoms with van der Waals surface area (Å²) in [5, 5.41) is 2.92.